The molecule has 2 atom stereocenters. The van der Waals surface area contributed by atoms with Crippen LogP contribution in [0.3, 0.4) is 0 Å². The molecule has 26 heavy (non-hydrogen) atoms. The summed E-state index contributed by atoms with van der Waals surface area (Å²) in [4.78, 5) is 0. The second kappa shape index (κ2) is 8.09. The van der Waals surface area contributed by atoms with Crippen LogP contribution in [0, 0.1) is 0 Å². The van der Waals surface area contributed by atoms with Gasteiger partial charge < -0.3 is 9.47 Å². The molecule has 1 aliphatic heterocycles. The molecule has 0 amide bonds. The number of allylic oxidation sites excluding steroid dienone is 2. The quantitative estimate of drug-likeness (QED) is 0.543. The molecule has 0 spiro atoms. The molecule has 0 aliphatic carbocycles. The molecule has 0 radical (unpaired) electrons. The van der Waals surface area contributed by atoms with Gasteiger partial charge in [0.2, 0.25) is 5.79 Å². The van der Waals surface area contributed by atoms with Crippen LogP contribution in [0.2, 0.25) is 0 Å². The highest BCUT2D eigenvalue weighted by molar-refractivity contribution is 5.38. The lowest BCUT2D eigenvalue weighted by molar-refractivity contribution is -0.202. The van der Waals surface area contributed by atoms with Gasteiger partial charge in [-0.2, -0.15) is 0 Å². The Morgan fingerprint density at radius 2 is 1.58 bits per heavy atom. The Hall–Kier alpha value is -2.06. The number of hydrogen-bond donors (Lipinski definition) is 0. The van der Waals surface area contributed by atoms with E-state index in [1.807, 2.05) is 13.0 Å². The molecule has 2 nitrogen and oxygen atoms in total. The second-order valence-electron chi connectivity index (χ2n) is 7.24. The Labute approximate surface area is 157 Å². The Morgan fingerprint density at radius 3 is 2.15 bits per heavy atom. The first-order valence-corrected chi connectivity index (χ1v) is 9.79. The highest BCUT2D eigenvalue weighted by Gasteiger charge is 2.53. The van der Waals surface area contributed by atoms with Crippen molar-refractivity contribution in [1.29, 1.82) is 0 Å². The Morgan fingerprint density at radius 1 is 0.962 bits per heavy atom. The molecule has 1 aliphatic rings. The van der Waals surface area contributed by atoms with E-state index in [9.17, 15) is 0 Å². The van der Waals surface area contributed by atoms with Crippen LogP contribution in [0.5, 0.6) is 0 Å². The van der Waals surface area contributed by atoms with Crippen LogP contribution >= 0.6 is 0 Å². The standard InChI is InChI=1S/C24H30O2/c1-4-6-9-18-22-23(3,20-14-10-7-11-15-20)19-24(26-22,25-5-2)21-16-12-8-13-17-21/h7-8,10-18H,4-6,9,19H2,1-3H3/b22-18-. The third-order valence-corrected chi connectivity index (χ3v) is 5.29. The highest BCUT2D eigenvalue weighted by atomic mass is 16.7. The minimum atomic E-state index is -0.724. The van der Waals surface area contributed by atoms with E-state index < -0.39 is 5.79 Å². The van der Waals surface area contributed by atoms with Crippen molar-refractivity contribution in [2.45, 2.75) is 57.7 Å². The van der Waals surface area contributed by atoms with Gasteiger partial charge in [-0.05, 0) is 38.3 Å². The number of rotatable bonds is 7. The summed E-state index contributed by atoms with van der Waals surface area (Å²) in [6.07, 6.45) is 6.44. The minimum absolute atomic E-state index is 0.194. The van der Waals surface area contributed by atoms with E-state index in [1.54, 1.807) is 0 Å². The van der Waals surface area contributed by atoms with Gasteiger partial charge >= 0.3 is 0 Å². The average molecular weight is 351 g/mol. The van der Waals surface area contributed by atoms with Crippen LogP contribution in [0.1, 0.15) is 57.6 Å². The van der Waals surface area contributed by atoms with Gasteiger partial charge in [0, 0.05) is 18.6 Å². The number of hydrogen-bond acceptors (Lipinski definition) is 2. The molecule has 0 saturated carbocycles. The Kier molecular flexibility index (Phi) is 5.83. The predicted octanol–water partition coefficient (Wildman–Crippen LogP) is 6.33. The molecule has 138 valence electrons. The summed E-state index contributed by atoms with van der Waals surface area (Å²) in [5, 5.41) is 0. The first-order chi connectivity index (χ1) is 12.6. The van der Waals surface area contributed by atoms with Crippen molar-refractivity contribution in [2.24, 2.45) is 0 Å². The Balaban J connectivity index is 2.06. The van der Waals surface area contributed by atoms with E-state index in [4.69, 9.17) is 9.47 Å². The third kappa shape index (κ3) is 3.57. The molecular formula is C24H30O2. The number of benzene rings is 2. The van der Waals surface area contributed by atoms with Gasteiger partial charge in [0.1, 0.15) is 5.76 Å². The predicted molar refractivity (Wildman–Crippen MR) is 107 cm³/mol. The smallest absolute Gasteiger partial charge is 0.238 e. The van der Waals surface area contributed by atoms with Gasteiger partial charge in [-0.3, -0.25) is 0 Å². The van der Waals surface area contributed by atoms with E-state index in [0.717, 1.165) is 24.2 Å². The monoisotopic (exact) mass is 350 g/mol. The van der Waals surface area contributed by atoms with Crippen LogP contribution in [0.15, 0.2) is 72.5 Å². The van der Waals surface area contributed by atoms with Crippen molar-refractivity contribution < 1.29 is 9.47 Å². The molecule has 3 rings (SSSR count). The first-order valence-electron chi connectivity index (χ1n) is 9.79. The zero-order valence-corrected chi connectivity index (χ0v) is 16.2. The van der Waals surface area contributed by atoms with Crippen molar-refractivity contribution in [3.63, 3.8) is 0 Å². The minimum Gasteiger partial charge on any atom is -0.462 e. The summed E-state index contributed by atoms with van der Waals surface area (Å²) in [5.74, 6) is 0.313. The lowest BCUT2D eigenvalue weighted by Gasteiger charge is -2.29. The van der Waals surface area contributed by atoms with Crippen LogP contribution in [0.4, 0.5) is 0 Å². The average Bonchev–Trinajstić information content (AvgIpc) is 2.98. The lowest BCUT2D eigenvalue weighted by atomic mass is 9.76. The van der Waals surface area contributed by atoms with Crippen LogP contribution in [0.25, 0.3) is 0 Å². The van der Waals surface area contributed by atoms with Crippen molar-refractivity contribution in [1.82, 2.24) is 0 Å². The van der Waals surface area contributed by atoms with E-state index in [-0.39, 0.29) is 5.41 Å². The van der Waals surface area contributed by atoms with Crippen LogP contribution < -0.4 is 0 Å². The fraction of sp³-hybridized carbons (Fsp3) is 0.417. The number of unbranched alkanes of at least 4 members (excludes halogenated alkanes) is 2. The molecule has 0 bridgehead atoms. The zero-order valence-electron chi connectivity index (χ0n) is 16.2. The molecule has 2 aromatic rings. The summed E-state index contributed by atoms with van der Waals surface area (Å²) in [7, 11) is 0. The fourth-order valence-corrected chi connectivity index (χ4v) is 3.88. The molecule has 2 unspecified atom stereocenters. The third-order valence-electron chi connectivity index (χ3n) is 5.29. The molecular weight excluding hydrogens is 320 g/mol. The molecule has 1 saturated heterocycles. The topological polar surface area (TPSA) is 18.5 Å². The van der Waals surface area contributed by atoms with Crippen molar-refractivity contribution in [3.8, 4) is 0 Å². The van der Waals surface area contributed by atoms with Gasteiger partial charge in [-0.15, -0.1) is 0 Å². The van der Waals surface area contributed by atoms with Crippen molar-refractivity contribution >= 4 is 0 Å². The maximum absolute atomic E-state index is 6.63. The van der Waals surface area contributed by atoms with Crippen LogP contribution in [-0.2, 0) is 20.7 Å². The van der Waals surface area contributed by atoms with Gasteiger partial charge in [0.05, 0.1) is 5.41 Å². The van der Waals surface area contributed by atoms with Gasteiger partial charge in [-0.25, -0.2) is 0 Å². The second-order valence-corrected chi connectivity index (χ2v) is 7.24. The number of ether oxygens (including phenoxy) is 2. The largest absolute Gasteiger partial charge is 0.462 e. The first kappa shape index (κ1) is 18.7. The van der Waals surface area contributed by atoms with Crippen molar-refractivity contribution in [3.05, 3.63) is 83.6 Å². The normalized spacial score (nSPS) is 26.8. The molecule has 1 fully saturated rings. The summed E-state index contributed by atoms with van der Waals surface area (Å²) in [5.41, 5.74) is 2.17. The van der Waals surface area contributed by atoms with E-state index in [1.165, 1.54) is 18.4 Å². The van der Waals surface area contributed by atoms with E-state index in [0.29, 0.717) is 6.61 Å². The maximum Gasteiger partial charge on any atom is 0.238 e. The molecule has 0 aromatic heterocycles. The molecule has 2 heteroatoms. The Bertz CT molecular complexity index is 722. The molecule has 0 N–H and O–H groups in total. The summed E-state index contributed by atoms with van der Waals surface area (Å²) < 4.78 is 12.9. The SMILES string of the molecule is CCCC/C=C1\OC(OCC)(c2ccccc2)CC1(C)c1ccccc1. The zero-order chi connectivity index (χ0) is 18.5. The maximum atomic E-state index is 6.63. The van der Waals surface area contributed by atoms with Gasteiger partial charge in [-0.1, -0.05) is 74.0 Å². The van der Waals surface area contributed by atoms with Crippen molar-refractivity contribution in [2.75, 3.05) is 6.61 Å². The van der Waals surface area contributed by atoms with E-state index in [2.05, 4.69) is 74.5 Å². The summed E-state index contributed by atoms with van der Waals surface area (Å²) in [6, 6.07) is 21.0. The molecule has 2 aromatic carbocycles. The fourth-order valence-electron chi connectivity index (χ4n) is 3.88. The lowest BCUT2D eigenvalue weighted by Crippen LogP contribution is -2.31. The van der Waals surface area contributed by atoms with Crippen LogP contribution in [-0.4, -0.2) is 6.61 Å². The van der Waals surface area contributed by atoms with Gasteiger partial charge in [0.25, 0.3) is 0 Å². The summed E-state index contributed by atoms with van der Waals surface area (Å²) in [6.45, 7) is 7.15. The molecule has 1 heterocycles. The highest BCUT2D eigenvalue weighted by Crippen LogP contribution is 2.53. The van der Waals surface area contributed by atoms with E-state index >= 15 is 0 Å². The summed E-state index contributed by atoms with van der Waals surface area (Å²) >= 11 is 0. The van der Waals surface area contributed by atoms with Gasteiger partial charge in [0.15, 0.2) is 0 Å².